The van der Waals surface area contributed by atoms with Crippen molar-refractivity contribution in [2.45, 2.75) is 18.6 Å². The second-order valence-electron chi connectivity index (χ2n) is 5.80. The number of β-amino-alcohol motifs (C(OH)–C–C–N with tert-alkyl or cyclic N) is 1. The Balaban J connectivity index is 1.78. The number of para-hydroxylation sites is 2. The summed E-state index contributed by atoms with van der Waals surface area (Å²) < 4.78 is 27.7. The van der Waals surface area contributed by atoms with Crippen LogP contribution in [0.25, 0.3) is 11.0 Å². The van der Waals surface area contributed by atoms with Crippen LogP contribution in [-0.2, 0) is 0 Å². The quantitative estimate of drug-likeness (QED) is 0.764. The predicted octanol–water partition coefficient (Wildman–Crippen LogP) is 3.15. The van der Waals surface area contributed by atoms with Crippen molar-refractivity contribution in [3.63, 3.8) is 0 Å². The Bertz CT molecular complexity index is 831. The molecule has 3 aromatic rings. The molecule has 2 unspecified atom stereocenters. The molecule has 2 atom stereocenters. The molecule has 0 aliphatic carbocycles. The summed E-state index contributed by atoms with van der Waals surface area (Å²) in [6.45, 7) is 0.320. The van der Waals surface area contributed by atoms with Gasteiger partial charge in [0.1, 0.15) is 11.6 Å². The average molecular weight is 315 g/mol. The highest BCUT2D eigenvalue weighted by atomic mass is 19.1. The molecule has 0 bridgehead atoms. The van der Waals surface area contributed by atoms with Crippen molar-refractivity contribution in [1.82, 2.24) is 9.97 Å². The van der Waals surface area contributed by atoms with E-state index in [-0.39, 0.29) is 5.56 Å². The molecule has 1 aliphatic rings. The van der Waals surface area contributed by atoms with Crippen molar-refractivity contribution < 1.29 is 13.9 Å². The standard InChI is InChI=1S/C17H15F2N3O/c18-10-5-6-13(19)12(7-10)16-8-11(23)9-22(16)17-20-14-3-1-2-4-15(14)21-17/h1-7,11,16,23H,8-9H2,(H,20,21). The molecule has 118 valence electrons. The zero-order valence-electron chi connectivity index (χ0n) is 12.2. The number of halogens is 2. The highest BCUT2D eigenvalue weighted by Gasteiger charge is 2.35. The van der Waals surface area contributed by atoms with E-state index in [1.807, 2.05) is 24.3 Å². The predicted molar refractivity (Wildman–Crippen MR) is 83.2 cm³/mol. The number of nitrogens with one attached hydrogen (secondary N) is 1. The largest absolute Gasteiger partial charge is 0.391 e. The van der Waals surface area contributed by atoms with Gasteiger partial charge in [-0.25, -0.2) is 13.8 Å². The number of aromatic amines is 1. The lowest BCUT2D eigenvalue weighted by Crippen LogP contribution is -2.26. The van der Waals surface area contributed by atoms with Gasteiger partial charge in [-0.1, -0.05) is 12.1 Å². The monoisotopic (exact) mass is 315 g/mol. The lowest BCUT2D eigenvalue weighted by atomic mass is 10.0. The van der Waals surface area contributed by atoms with Crippen LogP contribution in [0.15, 0.2) is 42.5 Å². The smallest absolute Gasteiger partial charge is 0.204 e. The summed E-state index contributed by atoms with van der Waals surface area (Å²) in [7, 11) is 0. The van der Waals surface area contributed by atoms with Crippen molar-refractivity contribution >= 4 is 17.0 Å². The van der Waals surface area contributed by atoms with Crippen molar-refractivity contribution in [3.8, 4) is 0 Å². The normalized spacial score (nSPS) is 21.3. The van der Waals surface area contributed by atoms with Crippen LogP contribution in [0.4, 0.5) is 14.7 Å². The SMILES string of the molecule is OC1CC(c2cc(F)ccc2F)N(c2nc3ccccc3[nH]2)C1. The Hall–Kier alpha value is -2.47. The zero-order valence-corrected chi connectivity index (χ0v) is 12.2. The Morgan fingerprint density at radius 2 is 2.00 bits per heavy atom. The van der Waals surface area contributed by atoms with Gasteiger partial charge in [0.25, 0.3) is 0 Å². The third-order valence-electron chi connectivity index (χ3n) is 4.24. The molecule has 1 fully saturated rings. The van der Waals surface area contributed by atoms with E-state index >= 15 is 0 Å². The number of benzene rings is 2. The first-order valence-corrected chi connectivity index (χ1v) is 7.46. The molecule has 6 heteroatoms. The number of hydrogen-bond acceptors (Lipinski definition) is 3. The maximum Gasteiger partial charge on any atom is 0.204 e. The first-order chi connectivity index (χ1) is 11.1. The molecule has 2 N–H and O–H groups in total. The number of aliphatic hydroxyl groups is 1. The minimum atomic E-state index is -0.615. The van der Waals surface area contributed by atoms with Crippen LogP contribution in [0, 0.1) is 11.6 Å². The minimum absolute atomic E-state index is 0.238. The fraction of sp³-hybridized carbons (Fsp3) is 0.235. The zero-order chi connectivity index (χ0) is 16.0. The van der Waals surface area contributed by atoms with Gasteiger partial charge in [0, 0.05) is 12.1 Å². The molecule has 1 saturated heterocycles. The van der Waals surface area contributed by atoms with E-state index in [2.05, 4.69) is 9.97 Å². The summed E-state index contributed by atoms with van der Waals surface area (Å²) in [5, 5.41) is 10.0. The Labute approximate surface area is 131 Å². The first-order valence-electron chi connectivity index (χ1n) is 7.46. The van der Waals surface area contributed by atoms with E-state index in [9.17, 15) is 13.9 Å². The highest BCUT2D eigenvalue weighted by molar-refractivity contribution is 5.77. The Morgan fingerprint density at radius 3 is 2.83 bits per heavy atom. The van der Waals surface area contributed by atoms with Crippen molar-refractivity contribution in [1.29, 1.82) is 0 Å². The molecule has 4 rings (SSSR count). The van der Waals surface area contributed by atoms with Gasteiger partial charge in [-0.2, -0.15) is 0 Å². The van der Waals surface area contributed by atoms with Crippen LogP contribution < -0.4 is 4.90 Å². The Kier molecular flexibility index (Phi) is 3.27. The summed E-state index contributed by atoms with van der Waals surface area (Å²) in [6, 6.07) is 10.5. The van der Waals surface area contributed by atoms with Crippen LogP contribution >= 0.6 is 0 Å². The maximum absolute atomic E-state index is 14.1. The molecular formula is C17H15F2N3O. The van der Waals surface area contributed by atoms with Gasteiger partial charge in [0.05, 0.1) is 23.2 Å². The third-order valence-corrected chi connectivity index (χ3v) is 4.24. The molecule has 0 radical (unpaired) electrons. The van der Waals surface area contributed by atoms with E-state index in [0.717, 1.165) is 23.2 Å². The van der Waals surface area contributed by atoms with Gasteiger partial charge >= 0.3 is 0 Å². The summed E-state index contributed by atoms with van der Waals surface area (Å²) in [5.74, 6) is -0.421. The third kappa shape index (κ3) is 2.45. The molecular weight excluding hydrogens is 300 g/mol. The Morgan fingerprint density at radius 1 is 1.17 bits per heavy atom. The first kappa shape index (κ1) is 14.1. The molecule has 1 aliphatic heterocycles. The molecule has 1 aromatic heterocycles. The number of nitrogens with zero attached hydrogens (tertiary/aromatic N) is 2. The van der Waals surface area contributed by atoms with Gasteiger partial charge in [0.15, 0.2) is 0 Å². The second-order valence-corrected chi connectivity index (χ2v) is 5.80. The van der Waals surface area contributed by atoms with Gasteiger partial charge in [-0.3, -0.25) is 0 Å². The van der Waals surface area contributed by atoms with Crippen LogP contribution in [0.3, 0.4) is 0 Å². The van der Waals surface area contributed by atoms with Gasteiger partial charge in [0.2, 0.25) is 5.95 Å². The van der Waals surface area contributed by atoms with E-state index in [1.165, 1.54) is 6.07 Å². The van der Waals surface area contributed by atoms with E-state index in [4.69, 9.17) is 0 Å². The van der Waals surface area contributed by atoms with Gasteiger partial charge < -0.3 is 15.0 Å². The second kappa shape index (κ2) is 5.31. The summed E-state index contributed by atoms with van der Waals surface area (Å²) in [6.07, 6.45) is -0.284. The number of hydrogen-bond donors (Lipinski definition) is 2. The lowest BCUT2D eigenvalue weighted by Gasteiger charge is -2.24. The number of rotatable bonds is 2. The minimum Gasteiger partial charge on any atom is -0.391 e. The molecule has 0 saturated carbocycles. The molecule has 2 heterocycles. The summed E-state index contributed by atoms with van der Waals surface area (Å²) in [5.41, 5.74) is 1.90. The van der Waals surface area contributed by atoms with Crippen molar-refractivity contribution in [2.75, 3.05) is 11.4 Å². The van der Waals surface area contributed by atoms with Crippen LogP contribution in [0.5, 0.6) is 0 Å². The van der Waals surface area contributed by atoms with E-state index in [0.29, 0.717) is 18.9 Å². The fourth-order valence-electron chi connectivity index (χ4n) is 3.19. The topological polar surface area (TPSA) is 52.1 Å². The molecule has 0 spiro atoms. The van der Waals surface area contributed by atoms with Gasteiger partial charge in [-0.05, 0) is 36.8 Å². The summed E-state index contributed by atoms with van der Waals surface area (Å²) in [4.78, 5) is 9.47. The maximum atomic E-state index is 14.1. The molecule has 0 amide bonds. The fourth-order valence-corrected chi connectivity index (χ4v) is 3.19. The lowest BCUT2D eigenvalue weighted by molar-refractivity contribution is 0.194. The van der Waals surface area contributed by atoms with Crippen LogP contribution in [0.1, 0.15) is 18.0 Å². The van der Waals surface area contributed by atoms with E-state index in [1.54, 1.807) is 4.90 Å². The van der Waals surface area contributed by atoms with Crippen LogP contribution in [0.2, 0.25) is 0 Å². The highest BCUT2D eigenvalue weighted by Crippen LogP contribution is 2.37. The number of aliphatic hydroxyl groups excluding tert-OH is 1. The van der Waals surface area contributed by atoms with Crippen LogP contribution in [-0.4, -0.2) is 27.7 Å². The number of imidazole rings is 1. The molecule has 4 nitrogen and oxygen atoms in total. The number of aromatic nitrogens is 2. The van der Waals surface area contributed by atoms with Crippen molar-refractivity contribution in [3.05, 3.63) is 59.7 Å². The number of H-pyrrole nitrogens is 1. The van der Waals surface area contributed by atoms with E-state index < -0.39 is 23.8 Å². The summed E-state index contributed by atoms with van der Waals surface area (Å²) >= 11 is 0. The molecule has 23 heavy (non-hydrogen) atoms. The van der Waals surface area contributed by atoms with Gasteiger partial charge in [-0.15, -0.1) is 0 Å². The number of fused-ring (bicyclic) bond motifs is 1. The van der Waals surface area contributed by atoms with Crippen molar-refractivity contribution in [2.24, 2.45) is 0 Å². The number of anilines is 1. The average Bonchev–Trinajstić information content (AvgIpc) is 3.12. The molecule has 2 aromatic carbocycles.